The zero-order valence-corrected chi connectivity index (χ0v) is 10.4. The molecule has 3 heteroatoms. The molecule has 0 fully saturated rings. The van der Waals surface area contributed by atoms with Crippen LogP contribution < -0.4 is 10.2 Å². The maximum absolute atomic E-state index is 4.31. The van der Waals surface area contributed by atoms with Gasteiger partial charge in [-0.25, -0.2) is 4.98 Å². The monoisotopic (exact) mass is 219 g/mol. The summed E-state index contributed by atoms with van der Waals surface area (Å²) in [6, 6.07) is 4.48. The van der Waals surface area contributed by atoms with Crippen LogP contribution >= 0.6 is 0 Å². The van der Waals surface area contributed by atoms with E-state index in [0.29, 0.717) is 6.04 Å². The molecular formula is C13H21N3. The number of nitrogens with zero attached hydrogens (tertiary/aromatic N) is 2. The van der Waals surface area contributed by atoms with Gasteiger partial charge in [0.15, 0.2) is 0 Å². The van der Waals surface area contributed by atoms with E-state index in [1.54, 1.807) is 0 Å². The minimum absolute atomic E-state index is 0.419. The summed E-state index contributed by atoms with van der Waals surface area (Å²) >= 11 is 0. The van der Waals surface area contributed by atoms with Crippen LogP contribution in [0.4, 0.5) is 11.5 Å². The van der Waals surface area contributed by atoms with Crippen LogP contribution in [0, 0.1) is 0 Å². The molecule has 1 aromatic rings. The lowest BCUT2D eigenvalue weighted by molar-refractivity contribution is 0.715. The van der Waals surface area contributed by atoms with Crippen LogP contribution in [-0.4, -0.2) is 25.1 Å². The van der Waals surface area contributed by atoms with Crippen LogP contribution in [0.2, 0.25) is 0 Å². The van der Waals surface area contributed by atoms with E-state index >= 15 is 0 Å². The van der Waals surface area contributed by atoms with Crippen LogP contribution in [0.1, 0.15) is 19.8 Å². The Bertz CT molecular complexity index is 334. The topological polar surface area (TPSA) is 28.2 Å². The van der Waals surface area contributed by atoms with Crippen molar-refractivity contribution in [3.63, 3.8) is 0 Å². The van der Waals surface area contributed by atoms with Crippen LogP contribution in [0.3, 0.4) is 0 Å². The number of aromatic nitrogens is 1. The fourth-order valence-corrected chi connectivity index (χ4v) is 1.47. The normalized spacial score (nSPS) is 11.9. The SMILES string of the molecule is C=CCCC(C)Nc1cc(N(C)C)ccn1. The first kappa shape index (κ1) is 12.6. The predicted octanol–water partition coefficient (Wildman–Crippen LogP) is 2.91. The molecule has 1 heterocycles. The summed E-state index contributed by atoms with van der Waals surface area (Å²) in [7, 11) is 4.06. The number of hydrogen-bond donors (Lipinski definition) is 1. The minimum Gasteiger partial charge on any atom is -0.378 e. The third kappa shape index (κ3) is 3.93. The molecule has 1 aromatic heterocycles. The molecule has 0 saturated carbocycles. The van der Waals surface area contributed by atoms with E-state index in [-0.39, 0.29) is 0 Å². The highest BCUT2D eigenvalue weighted by atomic mass is 15.1. The number of allylic oxidation sites excluding steroid dienone is 1. The van der Waals surface area contributed by atoms with E-state index in [4.69, 9.17) is 0 Å². The van der Waals surface area contributed by atoms with Gasteiger partial charge in [0.25, 0.3) is 0 Å². The van der Waals surface area contributed by atoms with Gasteiger partial charge in [0.2, 0.25) is 0 Å². The van der Waals surface area contributed by atoms with Crippen molar-refractivity contribution >= 4 is 11.5 Å². The fourth-order valence-electron chi connectivity index (χ4n) is 1.47. The molecule has 0 spiro atoms. The van der Waals surface area contributed by atoms with E-state index in [2.05, 4.69) is 34.8 Å². The lowest BCUT2D eigenvalue weighted by Crippen LogP contribution is -2.16. The zero-order chi connectivity index (χ0) is 12.0. The van der Waals surface area contributed by atoms with Crippen molar-refractivity contribution in [3.8, 4) is 0 Å². The van der Waals surface area contributed by atoms with Crippen LogP contribution in [0.25, 0.3) is 0 Å². The van der Waals surface area contributed by atoms with Crippen LogP contribution in [-0.2, 0) is 0 Å². The van der Waals surface area contributed by atoms with E-state index < -0.39 is 0 Å². The van der Waals surface area contributed by atoms with E-state index in [1.807, 2.05) is 32.4 Å². The Kier molecular flexibility index (Phi) is 4.83. The van der Waals surface area contributed by atoms with Crippen molar-refractivity contribution < 1.29 is 0 Å². The number of hydrogen-bond acceptors (Lipinski definition) is 3. The molecule has 0 radical (unpaired) electrons. The van der Waals surface area contributed by atoms with Gasteiger partial charge in [0, 0.05) is 38.1 Å². The van der Waals surface area contributed by atoms with Gasteiger partial charge in [-0.15, -0.1) is 6.58 Å². The molecule has 1 atom stereocenters. The molecule has 88 valence electrons. The third-order valence-corrected chi connectivity index (χ3v) is 2.46. The minimum atomic E-state index is 0.419. The quantitative estimate of drug-likeness (QED) is 0.746. The molecule has 1 unspecified atom stereocenters. The summed E-state index contributed by atoms with van der Waals surface area (Å²) < 4.78 is 0. The van der Waals surface area contributed by atoms with Crippen molar-refractivity contribution in [2.45, 2.75) is 25.8 Å². The summed E-state index contributed by atoms with van der Waals surface area (Å²) in [5.74, 6) is 0.933. The molecule has 1 rings (SSSR count). The molecule has 16 heavy (non-hydrogen) atoms. The molecule has 0 aliphatic heterocycles. The summed E-state index contributed by atoms with van der Waals surface area (Å²) in [5.41, 5.74) is 1.16. The summed E-state index contributed by atoms with van der Waals surface area (Å²) in [4.78, 5) is 6.38. The molecule has 0 aromatic carbocycles. The van der Waals surface area contributed by atoms with Crippen molar-refractivity contribution in [3.05, 3.63) is 31.0 Å². The average molecular weight is 219 g/mol. The molecular weight excluding hydrogens is 198 g/mol. The van der Waals surface area contributed by atoms with Gasteiger partial charge >= 0.3 is 0 Å². The van der Waals surface area contributed by atoms with Gasteiger partial charge < -0.3 is 10.2 Å². The van der Waals surface area contributed by atoms with Gasteiger partial charge in [0.1, 0.15) is 5.82 Å². The zero-order valence-electron chi connectivity index (χ0n) is 10.4. The first-order chi connectivity index (χ1) is 7.63. The molecule has 0 aliphatic rings. The summed E-state index contributed by atoms with van der Waals surface area (Å²) in [5, 5.41) is 3.39. The van der Waals surface area contributed by atoms with Gasteiger partial charge in [-0.05, 0) is 25.8 Å². The lowest BCUT2D eigenvalue weighted by Gasteiger charge is -2.16. The predicted molar refractivity (Wildman–Crippen MR) is 71.1 cm³/mol. The van der Waals surface area contributed by atoms with Crippen molar-refractivity contribution in [1.82, 2.24) is 4.98 Å². The Morgan fingerprint density at radius 1 is 1.56 bits per heavy atom. The third-order valence-electron chi connectivity index (χ3n) is 2.46. The number of nitrogens with one attached hydrogen (secondary N) is 1. The largest absolute Gasteiger partial charge is 0.378 e. The van der Waals surface area contributed by atoms with Crippen molar-refractivity contribution in [2.75, 3.05) is 24.3 Å². The van der Waals surface area contributed by atoms with E-state index in [0.717, 1.165) is 24.3 Å². The van der Waals surface area contributed by atoms with Crippen molar-refractivity contribution in [2.24, 2.45) is 0 Å². The highest BCUT2D eigenvalue weighted by Gasteiger charge is 2.03. The Labute approximate surface area is 98.2 Å². The molecule has 0 bridgehead atoms. The smallest absolute Gasteiger partial charge is 0.128 e. The molecule has 0 saturated heterocycles. The first-order valence-electron chi connectivity index (χ1n) is 5.64. The van der Waals surface area contributed by atoms with Gasteiger partial charge in [-0.2, -0.15) is 0 Å². The number of rotatable bonds is 6. The van der Waals surface area contributed by atoms with Crippen LogP contribution in [0.15, 0.2) is 31.0 Å². The lowest BCUT2D eigenvalue weighted by atomic mass is 10.2. The molecule has 0 aliphatic carbocycles. The summed E-state index contributed by atoms with van der Waals surface area (Å²) in [6.45, 7) is 5.89. The van der Waals surface area contributed by atoms with E-state index in [1.165, 1.54) is 0 Å². The Balaban J connectivity index is 2.59. The van der Waals surface area contributed by atoms with Gasteiger partial charge in [0.05, 0.1) is 0 Å². The number of pyridine rings is 1. The van der Waals surface area contributed by atoms with Gasteiger partial charge in [-0.1, -0.05) is 6.08 Å². The first-order valence-corrected chi connectivity index (χ1v) is 5.64. The second kappa shape index (κ2) is 6.16. The second-order valence-electron chi connectivity index (χ2n) is 4.21. The van der Waals surface area contributed by atoms with Crippen LogP contribution in [0.5, 0.6) is 0 Å². The molecule has 3 nitrogen and oxygen atoms in total. The Morgan fingerprint density at radius 3 is 2.94 bits per heavy atom. The van der Waals surface area contributed by atoms with Gasteiger partial charge in [-0.3, -0.25) is 0 Å². The highest BCUT2D eigenvalue weighted by molar-refractivity contribution is 5.53. The van der Waals surface area contributed by atoms with Crippen molar-refractivity contribution in [1.29, 1.82) is 0 Å². The molecule has 0 amide bonds. The average Bonchev–Trinajstić information content (AvgIpc) is 2.26. The fraction of sp³-hybridized carbons (Fsp3) is 0.462. The maximum atomic E-state index is 4.31. The molecule has 1 N–H and O–H groups in total. The Hall–Kier alpha value is -1.51. The number of anilines is 2. The standard InChI is InChI=1S/C13H21N3/c1-5-6-7-11(2)15-13-10-12(16(3)4)8-9-14-13/h5,8-11H,1,6-7H2,2-4H3,(H,14,15). The summed E-state index contributed by atoms with van der Waals surface area (Å²) in [6.07, 6.45) is 5.89. The Morgan fingerprint density at radius 2 is 2.31 bits per heavy atom. The van der Waals surface area contributed by atoms with E-state index in [9.17, 15) is 0 Å². The highest BCUT2D eigenvalue weighted by Crippen LogP contribution is 2.15. The second-order valence-corrected chi connectivity index (χ2v) is 4.21. The maximum Gasteiger partial charge on any atom is 0.128 e.